The summed E-state index contributed by atoms with van der Waals surface area (Å²) in [5.74, 6) is -0.583. The van der Waals surface area contributed by atoms with Gasteiger partial charge >= 0.3 is 5.97 Å². The van der Waals surface area contributed by atoms with Crippen LogP contribution < -0.4 is 15.6 Å². The Kier molecular flexibility index (Phi) is 5.92. The third kappa shape index (κ3) is 4.43. The molecule has 0 spiro atoms. The van der Waals surface area contributed by atoms with Gasteiger partial charge in [0.1, 0.15) is 5.75 Å². The molecule has 8 heteroatoms. The van der Waals surface area contributed by atoms with Gasteiger partial charge in [-0.25, -0.2) is 9.48 Å². The molecule has 3 aromatic rings. The average Bonchev–Trinajstić information content (AvgIpc) is 2.72. The number of carbonyl (C=O) groups excluding carboxylic acids is 2. The van der Waals surface area contributed by atoms with Crippen LogP contribution in [0.3, 0.4) is 0 Å². The number of hydrogen-bond acceptors (Lipinski definition) is 6. The maximum Gasteiger partial charge on any atom is 0.360 e. The molecular weight excluding hydrogens is 374 g/mol. The Morgan fingerprint density at radius 2 is 1.76 bits per heavy atom. The molecule has 0 aliphatic heterocycles. The van der Waals surface area contributed by atoms with Gasteiger partial charge in [-0.3, -0.25) is 9.59 Å². The van der Waals surface area contributed by atoms with Gasteiger partial charge in [0.15, 0.2) is 11.8 Å². The number of anilines is 1. The molecule has 0 aliphatic rings. The van der Waals surface area contributed by atoms with Crippen molar-refractivity contribution in [3.05, 3.63) is 64.6 Å². The number of amides is 1. The largest absolute Gasteiger partial charge is 0.494 e. The molecule has 0 saturated carbocycles. The first kappa shape index (κ1) is 20.1. The van der Waals surface area contributed by atoms with Gasteiger partial charge in [0.05, 0.1) is 12.0 Å². The molecule has 1 unspecified atom stereocenters. The normalized spacial score (nSPS) is 11.7. The lowest BCUT2D eigenvalue weighted by atomic mass is 10.1. The second-order valence-corrected chi connectivity index (χ2v) is 6.32. The number of nitrogens with one attached hydrogen (secondary N) is 1. The molecule has 0 radical (unpaired) electrons. The average molecular weight is 395 g/mol. The van der Waals surface area contributed by atoms with Gasteiger partial charge in [0.2, 0.25) is 0 Å². The van der Waals surface area contributed by atoms with Gasteiger partial charge in [-0.2, -0.15) is 5.10 Å². The predicted molar refractivity (Wildman–Crippen MR) is 108 cm³/mol. The molecule has 0 aliphatic carbocycles. The molecule has 1 atom stereocenters. The zero-order chi connectivity index (χ0) is 21.0. The van der Waals surface area contributed by atoms with Crippen molar-refractivity contribution in [3.8, 4) is 5.75 Å². The summed E-state index contributed by atoms with van der Waals surface area (Å²) in [6.07, 6.45) is -1.06. The van der Waals surface area contributed by atoms with Crippen molar-refractivity contribution < 1.29 is 19.1 Å². The van der Waals surface area contributed by atoms with Crippen LogP contribution in [0.25, 0.3) is 10.8 Å². The van der Waals surface area contributed by atoms with Crippen molar-refractivity contribution in [2.24, 2.45) is 7.05 Å². The summed E-state index contributed by atoms with van der Waals surface area (Å²) in [4.78, 5) is 37.2. The third-order valence-corrected chi connectivity index (χ3v) is 4.24. The lowest BCUT2D eigenvalue weighted by molar-refractivity contribution is -0.123. The van der Waals surface area contributed by atoms with E-state index in [2.05, 4.69) is 10.4 Å². The van der Waals surface area contributed by atoms with Crippen LogP contribution in [0.5, 0.6) is 5.75 Å². The number of aryl methyl sites for hydroxylation is 1. The first-order valence-corrected chi connectivity index (χ1v) is 9.11. The molecular formula is C21H21N3O5. The molecule has 0 fully saturated rings. The first-order valence-electron chi connectivity index (χ1n) is 9.11. The fraction of sp³-hybridized carbons (Fsp3) is 0.238. The van der Waals surface area contributed by atoms with Crippen LogP contribution in [0, 0.1) is 0 Å². The Hall–Kier alpha value is -3.68. The van der Waals surface area contributed by atoms with E-state index in [0.29, 0.717) is 28.8 Å². The summed E-state index contributed by atoms with van der Waals surface area (Å²) < 4.78 is 11.7. The van der Waals surface area contributed by atoms with Gasteiger partial charge in [-0.1, -0.05) is 18.2 Å². The van der Waals surface area contributed by atoms with Crippen LogP contribution in [0.2, 0.25) is 0 Å². The molecule has 0 bridgehead atoms. The Balaban J connectivity index is 1.73. The van der Waals surface area contributed by atoms with E-state index in [9.17, 15) is 14.4 Å². The third-order valence-electron chi connectivity index (χ3n) is 4.24. The molecule has 1 heterocycles. The number of rotatable bonds is 6. The lowest BCUT2D eigenvalue weighted by Gasteiger charge is -2.14. The van der Waals surface area contributed by atoms with E-state index in [1.165, 1.54) is 14.0 Å². The van der Waals surface area contributed by atoms with Crippen LogP contribution in [0.15, 0.2) is 53.3 Å². The van der Waals surface area contributed by atoms with Gasteiger partial charge in [-0.15, -0.1) is 0 Å². The molecule has 8 nitrogen and oxygen atoms in total. The van der Waals surface area contributed by atoms with E-state index in [1.54, 1.807) is 48.5 Å². The second kappa shape index (κ2) is 8.55. The molecule has 3 rings (SSSR count). The number of hydrogen-bond donors (Lipinski definition) is 1. The van der Waals surface area contributed by atoms with Crippen LogP contribution in [0.4, 0.5) is 5.69 Å². The van der Waals surface area contributed by atoms with E-state index in [0.717, 1.165) is 4.68 Å². The Morgan fingerprint density at radius 1 is 1.10 bits per heavy atom. The standard InChI is InChI=1S/C21H21N3O5/c1-4-28-15-11-9-14(10-12-15)22-19(25)13(2)29-21(27)18-16-7-5-6-8-17(16)20(26)24(3)23-18/h5-13H,4H2,1-3H3,(H,22,25). The minimum absolute atomic E-state index is 0.0246. The maximum absolute atomic E-state index is 12.6. The number of nitrogens with zero attached hydrogens (tertiary/aromatic N) is 2. The van der Waals surface area contributed by atoms with Crippen LogP contribution >= 0.6 is 0 Å². The molecule has 1 N–H and O–H groups in total. The van der Waals surface area contributed by atoms with Gasteiger partial charge < -0.3 is 14.8 Å². The highest BCUT2D eigenvalue weighted by molar-refractivity contribution is 6.03. The van der Waals surface area contributed by atoms with Crippen molar-refractivity contribution in [2.45, 2.75) is 20.0 Å². The predicted octanol–water partition coefficient (Wildman–Crippen LogP) is 2.52. The number of carbonyl (C=O) groups is 2. The van der Waals surface area contributed by atoms with E-state index < -0.39 is 18.0 Å². The number of esters is 1. The SMILES string of the molecule is CCOc1ccc(NC(=O)C(C)OC(=O)c2nn(C)c(=O)c3ccccc23)cc1. The van der Waals surface area contributed by atoms with Crippen LogP contribution in [0.1, 0.15) is 24.3 Å². The zero-order valence-corrected chi connectivity index (χ0v) is 16.3. The smallest absolute Gasteiger partial charge is 0.360 e. The summed E-state index contributed by atoms with van der Waals surface area (Å²) >= 11 is 0. The quantitative estimate of drug-likeness (QED) is 0.644. The summed E-state index contributed by atoms with van der Waals surface area (Å²) in [5.41, 5.74) is 0.203. The number of fused-ring (bicyclic) bond motifs is 1. The molecule has 2 aromatic carbocycles. The Bertz CT molecular complexity index is 1110. The minimum atomic E-state index is -1.06. The van der Waals surface area contributed by atoms with Gasteiger partial charge in [-0.05, 0) is 44.2 Å². The maximum atomic E-state index is 12.6. The minimum Gasteiger partial charge on any atom is -0.494 e. The van der Waals surface area contributed by atoms with E-state index in [-0.39, 0.29) is 11.3 Å². The first-order chi connectivity index (χ1) is 13.9. The van der Waals surface area contributed by atoms with Crippen LogP contribution in [-0.2, 0) is 16.6 Å². The topological polar surface area (TPSA) is 99.5 Å². The fourth-order valence-electron chi connectivity index (χ4n) is 2.77. The molecule has 0 saturated heterocycles. The highest BCUT2D eigenvalue weighted by Crippen LogP contribution is 2.17. The Morgan fingerprint density at radius 3 is 2.41 bits per heavy atom. The van der Waals surface area contributed by atoms with Crippen molar-refractivity contribution in [3.63, 3.8) is 0 Å². The zero-order valence-electron chi connectivity index (χ0n) is 16.3. The molecule has 1 amide bonds. The molecule has 150 valence electrons. The highest BCUT2D eigenvalue weighted by atomic mass is 16.5. The number of aromatic nitrogens is 2. The monoisotopic (exact) mass is 395 g/mol. The van der Waals surface area contributed by atoms with E-state index >= 15 is 0 Å². The van der Waals surface area contributed by atoms with Crippen molar-refractivity contribution in [1.29, 1.82) is 0 Å². The molecule has 29 heavy (non-hydrogen) atoms. The summed E-state index contributed by atoms with van der Waals surface area (Å²) in [7, 11) is 1.45. The van der Waals surface area contributed by atoms with Gasteiger partial charge in [0.25, 0.3) is 11.5 Å². The Labute approximate surface area is 167 Å². The van der Waals surface area contributed by atoms with E-state index in [1.807, 2.05) is 6.92 Å². The van der Waals surface area contributed by atoms with E-state index in [4.69, 9.17) is 9.47 Å². The summed E-state index contributed by atoms with van der Waals surface area (Å²) in [6, 6.07) is 13.5. The molecule has 1 aromatic heterocycles. The number of benzene rings is 2. The highest BCUT2D eigenvalue weighted by Gasteiger charge is 2.23. The second-order valence-electron chi connectivity index (χ2n) is 6.32. The van der Waals surface area contributed by atoms with Crippen molar-refractivity contribution in [2.75, 3.05) is 11.9 Å². The van der Waals surface area contributed by atoms with Crippen molar-refractivity contribution >= 4 is 28.3 Å². The summed E-state index contributed by atoms with van der Waals surface area (Å²) in [5, 5.41) is 7.41. The summed E-state index contributed by atoms with van der Waals surface area (Å²) in [6.45, 7) is 3.90. The lowest BCUT2D eigenvalue weighted by Crippen LogP contribution is -2.31. The van der Waals surface area contributed by atoms with Crippen molar-refractivity contribution in [1.82, 2.24) is 9.78 Å². The number of ether oxygens (including phenoxy) is 2. The van der Waals surface area contributed by atoms with Crippen LogP contribution in [-0.4, -0.2) is 34.4 Å². The van der Waals surface area contributed by atoms with Gasteiger partial charge in [0, 0.05) is 18.1 Å². The fourth-order valence-corrected chi connectivity index (χ4v) is 2.77.